The first kappa shape index (κ1) is 31.7. The minimum absolute atomic E-state index is 0. The molecule has 3 nitrogen and oxygen atoms in total. The van der Waals surface area contributed by atoms with Gasteiger partial charge in [0.1, 0.15) is 5.76 Å². The van der Waals surface area contributed by atoms with Gasteiger partial charge >= 0.3 is 0 Å². The number of hydrogen-bond acceptors (Lipinski definition) is 3. The molecule has 0 aliphatic heterocycles. The molecule has 3 aromatic rings. The minimum Gasteiger partial charge on any atom is -0.512 e. The van der Waals surface area contributed by atoms with Crippen molar-refractivity contribution in [1.29, 1.82) is 0 Å². The Morgan fingerprint density at radius 3 is 2.19 bits per heavy atom. The van der Waals surface area contributed by atoms with Gasteiger partial charge < -0.3 is 5.11 Å². The topological polar surface area (TPSA) is 50.2 Å². The number of fused-ring (bicyclic) bond motifs is 1. The van der Waals surface area contributed by atoms with Gasteiger partial charge in [0.2, 0.25) is 0 Å². The Labute approximate surface area is 231 Å². The van der Waals surface area contributed by atoms with Crippen LogP contribution in [-0.2, 0) is 24.9 Å². The summed E-state index contributed by atoms with van der Waals surface area (Å²) in [5.74, 6) is 0.663. The van der Waals surface area contributed by atoms with E-state index in [0.29, 0.717) is 5.92 Å². The first-order chi connectivity index (χ1) is 16.1. The summed E-state index contributed by atoms with van der Waals surface area (Å²) in [5, 5.41) is 10.8. The van der Waals surface area contributed by atoms with E-state index in [9.17, 15) is 9.90 Å². The van der Waals surface area contributed by atoms with Crippen molar-refractivity contribution >= 4 is 16.7 Å². The zero-order chi connectivity index (χ0) is 26.6. The van der Waals surface area contributed by atoms with Crippen molar-refractivity contribution in [2.75, 3.05) is 0 Å². The number of hydrogen-bond donors (Lipinski definition) is 1. The van der Waals surface area contributed by atoms with Gasteiger partial charge in [-0.1, -0.05) is 93.5 Å². The van der Waals surface area contributed by atoms with Crippen LogP contribution >= 0.6 is 0 Å². The number of pyridine rings is 1. The monoisotopic (exact) mass is 665 g/mol. The molecule has 2 aromatic carbocycles. The molecule has 1 heterocycles. The number of aliphatic hydroxyl groups is 1. The Bertz CT molecular complexity index is 1190. The van der Waals surface area contributed by atoms with Gasteiger partial charge in [-0.2, -0.15) is 0 Å². The van der Waals surface area contributed by atoms with Crippen molar-refractivity contribution in [3.63, 3.8) is 0 Å². The fourth-order valence-corrected chi connectivity index (χ4v) is 3.57. The largest absolute Gasteiger partial charge is 0.512 e. The SMILES string of the molecule is CC(C)(C)C(=O)/C=C(\O)C(C)(C)C.CCC(C)c1cccc2nc(-c3[c-]c(C)cc(C)c3)ccc12.[Ir]. The predicted molar refractivity (Wildman–Crippen MR) is 149 cm³/mol. The van der Waals surface area contributed by atoms with Crippen molar-refractivity contribution in [3.05, 3.63) is 77.1 Å². The van der Waals surface area contributed by atoms with Crippen LogP contribution in [0.4, 0.5) is 0 Å². The normalized spacial score (nSPS) is 12.9. The second kappa shape index (κ2) is 12.8. The number of aryl methyl sites for hydroxylation is 2. The molecular weight excluding hydrogens is 623 g/mol. The number of aromatic nitrogens is 1. The smallest absolute Gasteiger partial charge is 0.164 e. The average Bonchev–Trinajstić information content (AvgIpc) is 2.76. The van der Waals surface area contributed by atoms with Crippen LogP contribution in [-0.4, -0.2) is 15.9 Å². The Morgan fingerprint density at radius 1 is 1.03 bits per heavy atom. The Morgan fingerprint density at radius 2 is 1.67 bits per heavy atom. The van der Waals surface area contributed by atoms with Crippen molar-refractivity contribution in [2.24, 2.45) is 10.8 Å². The summed E-state index contributed by atoms with van der Waals surface area (Å²) in [7, 11) is 0. The molecule has 0 aliphatic carbocycles. The molecule has 197 valence electrons. The summed E-state index contributed by atoms with van der Waals surface area (Å²) in [6.45, 7) is 19.8. The van der Waals surface area contributed by atoms with E-state index in [1.807, 2.05) is 41.5 Å². The van der Waals surface area contributed by atoms with Crippen LogP contribution in [0.25, 0.3) is 22.2 Å². The van der Waals surface area contributed by atoms with Crippen LogP contribution in [0.5, 0.6) is 0 Å². The quantitative estimate of drug-likeness (QED) is 0.172. The maximum atomic E-state index is 11.5. The van der Waals surface area contributed by atoms with Crippen molar-refractivity contribution in [3.8, 4) is 11.3 Å². The number of aliphatic hydroxyl groups excluding tert-OH is 1. The van der Waals surface area contributed by atoms with E-state index < -0.39 is 5.41 Å². The van der Waals surface area contributed by atoms with E-state index in [-0.39, 0.29) is 37.1 Å². The minimum atomic E-state index is -0.417. The summed E-state index contributed by atoms with van der Waals surface area (Å²) in [6.07, 6.45) is 2.48. The third kappa shape index (κ3) is 8.68. The van der Waals surface area contributed by atoms with Crippen LogP contribution in [0, 0.1) is 30.7 Å². The molecule has 0 bridgehead atoms. The molecule has 0 amide bonds. The fraction of sp³-hybridized carbons (Fsp3) is 0.438. The Balaban J connectivity index is 0.000000402. The molecule has 1 radical (unpaired) electrons. The van der Waals surface area contributed by atoms with Crippen LogP contribution in [0.2, 0.25) is 0 Å². The number of nitrogens with zero attached hydrogens (tertiary/aromatic N) is 1. The van der Waals surface area contributed by atoms with E-state index in [1.54, 1.807) is 0 Å². The van der Waals surface area contributed by atoms with Gasteiger partial charge in [-0.15, -0.1) is 34.9 Å². The summed E-state index contributed by atoms with van der Waals surface area (Å²) in [6, 6.07) is 18.5. The molecule has 0 fully saturated rings. The third-order valence-electron chi connectivity index (χ3n) is 6.11. The summed E-state index contributed by atoms with van der Waals surface area (Å²) >= 11 is 0. The molecule has 4 heteroatoms. The van der Waals surface area contributed by atoms with Gasteiger partial charge in [0.25, 0.3) is 0 Å². The number of allylic oxidation sites excluding steroid dienone is 2. The molecular formula is C32H42IrNO2-. The number of carbonyl (C=O) groups excluding carboxylic acids is 1. The van der Waals surface area contributed by atoms with Crippen LogP contribution in [0.3, 0.4) is 0 Å². The average molecular weight is 665 g/mol. The summed E-state index contributed by atoms with van der Waals surface area (Å²) in [5.41, 5.74) is 6.19. The van der Waals surface area contributed by atoms with Gasteiger partial charge in [0, 0.05) is 42.4 Å². The molecule has 1 N–H and O–H groups in total. The first-order valence-corrected chi connectivity index (χ1v) is 12.5. The number of rotatable bonds is 4. The molecule has 36 heavy (non-hydrogen) atoms. The van der Waals surface area contributed by atoms with E-state index in [0.717, 1.165) is 28.8 Å². The fourth-order valence-electron chi connectivity index (χ4n) is 3.57. The van der Waals surface area contributed by atoms with Crippen LogP contribution in [0.1, 0.15) is 84.4 Å². The van der Waals surface area contributed by atoms with Gasteiger partial charge in [-0.05, 0) is 29.7 Å². The Hall–Kier alpha value is -2.29. The zero-order valence-electron chi connectivity index (χ0n) is 23.5. The molecule has 0 saturated carbocycles. The third-order valence-corrected chi connectivity index (χ3v) is 6.11. The molecule has 0 saturated heterocycles. The standard InChI is InChI=1S/C21H22N.C11H20O2.Ir/c1-5-16(4)18-7-6-8-21-19(18)9-10-20(22-21)17-12-14(2)11-15(3)13-17;1-10(2,3)8(12)7-9(13)11(4,5)6;/h6-12,16H,5H2,1-4H3;7,12H,1-6H3;/q-1;;/b;8-7-;. The van der Waals surface area contributed by atoms with E-state index in [4.69, 9.17) is 4.98 Å². The second-order valence-electron chi connectivity index (χ2n) is 11.6. The maximum Gasteiger partial charge on any atom is 0.164 e. The molecule has 1 unspecified atom stereocenters. The number of benzene rings is 2. The van der Waals surface area contributed by atoms with Crippen molar-refractivity contribution in [2.45, 2.75) is 81.6 Å². The Kier molecular flexibility index (Phi) is 11.3. The summed E-state index contributed by atoms with van der Waals surface area (Å²) in [4.78, 5) is 16.4. The number of ketones is 1. The molecule has 1 aromatic heterocycles. The maximum absolute atomic E-state index is 11.5. The van der Waals surface area contributed by atoms with Gasteiger partial charge in [0.05, 0.1) is 5.52 Å². The van der Waals surface area contributed by atoms with Gasteiger partial charge in [-0.25, -0.2) is 0 Å². The van der Waals surface area contributed by atoms with Crippen molar-refractivity contribution < 1.29 is 30.0 Å². The van der Waals surface area contributed by atoms with E-state index in [2.05, 4.69) is 76.2 Å². The molecule has 0 aliphatic rings. The molecule has 1 atom stereocenters. The summed E-state index contributed by atoms with van der Waals surface area (Å²) < 4.78 is 0. The van der Waals surface area contributed by atoms with Crippen molar-refractivity contribution in [1.82, 2.24) is 4.98 Å². The van der Waals surface area contributed by atoms with E-state index >= 15 is 0 Å². The van der Waals surface area contributed by atoms with Crippen LogP contribution < -0.4 is 0 Å². The molecule has 0 spiro atoms. The zero-order valence-corrected chi connectivity index (χ0v) is 25.9. The first-order valence-electron chi connectivity index (χ1n) is 12.5. The predicted octanol–water partition coefficient (Wildman–Crippen LogP) is 8.92. The van der Waals surface area contributed by atoms with E-state index in [1.165, 1.54) is 22.6 Å². The molecule has 3 rings (SSSR count). The van der Waals surface area contributed by atoms with Gasteiger partial charge in [0.15, 0.2) is 5.78 Å². The second-order valence-corrected chi connectivity index (χ2v) is 11.6. The van der Waals surface area contributed by atoms with Crippen LogP contribution in [0.15, 0.2) is 54.3 Å². The number of carbonyl (C=O) groups is 1. The van der Waals surface area contributed by atoms with Gasteiger partial charge in [-0.3, -0.25) is 9.78 Å².